The lowest BCUT2D eigenvalue weighted by molar-refractivity contribution is 0.469. The standard InChI is InChI=1S/C20H28ClN7O/c1-4-14(5-2)28-11-25-16-18(23-10-13-7-6-8-15(21)17(13)29)26-20(27-19(16)28)24-9-12(3)22/h6-8,11-12,14,29H,4-5,9-10,22H2,1-3H3,(H2,23,24,26,27). The van der Waals surface area contributed by atoms with E-state index in [1.807, 2.05) is 19.3 Å². The molecule has 0 radical (unpaired) electrons. The van der Waals surface area contributed by atoms with Crippen LogP contribution in [0.3, 0.4) is 0 Å². The van der Waals surface area contributed by atoms with Gasteiger partial charge in [0, 0.05) is 30.7 Å². The van der Waals surface area contributed by atoms with Crippen molar-refractivity contribution < 1.29 is 5.11 Å². The number of anilines is 2. The van der Waals surface area contributed by atoms with Crippen LogP contribution < -0.4 is 16.4 Å². The van der Waals surface area contributed by atoms with Crippen molar-refractivity contribution in [3.63, 3.8) is 0 Å². The number of nitrogens with two attached hydrogens (primary N) is 1. The van der Waals surface area contributed by atoms with E-state index in [4.69, 9.17) is 17.3 Å². The van der Waals surface area contributed by atoms with Gasteiger partial charge in [0.2, 0.25) is 5.95 Å². The van der Waals surface area contributed by atoms with Crippen molar-refractivity contribution in [2.45, 2.75) is 52.2 Å². The summed E-state index contributed by atoms with van der Waals surface area (Å²) in [4.78, 5) is 13.8. The Kier molecular flexibility index (Phi) is 6.76. The fraction of sp³-hybridized carbons (Fsp3) is 0.450. The number of aromatic hydroxyl groups is 1. The zero-order valence-electron chi connectivity index (χ0n) is 17.0. The molecule has 2 heterocycles. The number of phenolic OH excluding ortho intramolecular Hbond substituents is 1. The Hall–Kier alpha value is -2.58. The molecule has 1 aromatic carbocycles. The molecule has 0 aliphatic carbocycles. The van der Waals surface area contributed by atoms with Crippen LogP contribution in [0, 0.1) is 0 Å². The maximum atomic E-state index is 10.2. The molecule has 3 aromatic rings. The topological polar surface area (TPSA) is 114 Å². The largest absolute Gasteiger partial charge is 0.506 e. The molecule has 0 aliphatic heterocycles. The number of para-hydroxylation sites is 1. The third-order valence-electron chi connectivity index (χ3n) is 4.86. The van der Waals surface area contributed by atoms with E-state index < -0.39 is 0 Å². The number of hydrogen-bond donors (Lipinski definition) is 4. The van der Waals surface area contributed by atoms with Crippen LogP contribution in [0.2, 0.25) is 5.02 Å². The number of nitrogens with one attached hydrogen (secondary N) is 2. The Bertz CT molecular complexity index is 969. The molecular formula is C20H28ClN7O. The molecule has 3 rings (SSSR count). The maximum absolute atomic E-state index is 10.2. The minimum atomic E-state index is -0.0296. The first-order valence-electron chi connectivity index (χ1n) is 9.88. The summed E-state index contributed by atoms with van der Waals surface area (Å²) in [5.74, 6) is 1.14. The van der Waals surface area contributed by atoms with Crippen LogP contribution in [-0.4, -0.2) is 37.2 Å². The zero-order valence-corrected chi connectivity index (χ0v) is 17.7. The van der Waals surface area contributed by atoms with Crippen molar-refractivity contribution in [1.29, 1.82) is 0 Å². The highest BCUT2D eigenvalue weighted by molar-refractivity contribution is 6.32. The highest BCUT2D eigenvalue weighted by Gasteiger charge is 2.17. The Morgan fingerprint density at radius 1 is 1.21 bits per heavy atom. The van der Waals surface area contributed by atoms with Gasteiger partial charge in [0.25, 0.3) is 0 Å². The van der Waals surface area contributed by atoms with Crippen molar-refractivity contribution in [1.82, 2.24) is 19.5 Å². The molecule has 0 saturated carbocycles. The van der Waals surface area contributed by atoms with E-state index in [0.29, 0.717) is 47.0 Å². The number of phenols is 1. The van der Waals surface area contributed by atoms with Crippen molar-refractivity contribution in [2.24, 2.45) is 5.73 Å². The van der Waals surface area contributed by atoms with Crippen molar-refractivity contribution in [3.8, 4) is 5.75 Å². The van der Waals surface area contributed by atoms with Gasteiger partial charge in [-0.25, -0.2) is 4.98 Å². The minimum Gasteiger partial charge on any atom is -0.506 e. The van der Waals surface area contributed by atoms with Gasteiger partial charge in [-0.05, 0) is 25.8 Å². The van der Waals surface area contributed by atoms with Gasteiger partial charge in [0.05, 0.1) is 11.3 Å². The molecule has 1 atom stereocenters. The van der Waals surface area contributed by atoms with E-state index >= 15 is 0 Å². The van der Waals surface area contributed by atoms with Crippen LogP contribution in [-0.2, 0) is 6.54 Å². The van der Waals surface area contributed by atoms with Gasteiger partial charge < -0.3 is 26.0 Å². The fourth-order valence-corrected chi connectivity index (χ4v) is 3.40. The molecule has 0 bridgehead atoms. The number of rotatable bonds is 9. The van der Waals surface area contributed by atoms with Crippen LogP contribution >= 0.6 is 11.6 Å². The lowest BCUT2D eigenvalue weighted by Crippen LogP contribution is -2.26. The van der Waals surface area contributed by atoms with Gasteiger partial charge >= 0.3 is 0 Å². The average Bonchev–Trinajstić information content (AvgIpc) is 3.12. The molecule has 8 nitrogen and oxygen atoms in total. The predicted octanol–water partition coefficient (Wildman–Crippen LogP) is 3.92. The third kappa shape index (κ3) is 4.71. The molecule has 5 N–H and O–H groups in total. The van der Waals surface area contributed by atoms with Crippen LogP contribution in [0.15, 0.2) is 24.5 Å². The summed E-state index contributed by atoms with van der Waals surface area (Å²) in [7, 11) is 0. The quantitative estimate of drug-likeness (QED) is 0.417. The van der Waals surface area contributed by atoms with Gasteiger partial charge in [0.15, 0.2) is 17.0 Å². The molecule has 0 amide bonds. The van der Waals surface area contributed by atoms with Crippen LogP contribution in [0.5, 0.6) is 5.75 Å². The molecule has 0 saturated heterocycles. The molecule has 2 aromatic heterocycles. The number of halogens is 1. The maximum Gasteiger partial charge on any atom is 0.226 e. The summed E-state index contributed by atoms with van der Waals surface area (Å²) in [6.45, 7) is 7.12. The molecule has 9 heteroatoms. The molecule has 0 fully saturated rings. The Labute approximate surface area is 175 Å². The van der Waals surface area contributed by atoms with Gasteiger partial charge in [-0.15, -0.1) is 0 Å². The Balaban J connectivity index is 1.98. The predicted molar refractivity (Wildman–Crippen MR) is 118 cm³/mol. The lowest BCUT2D eigenvalue weighted by atomic mass is 10.2. The highest BCUT2D eigenvalue weighted by Crippen LogP contribution is 2.29. The van der Waals surface area contributed by atoms with E-state index in [-0.39, 0.29) is 11.8 Å². The van der Waals surface area contributed by atoms with Gasteiger partial charge in [-0.1, -0.05) is 37.6 Å². The van der Waals surface area contributed by atoms with Gasteiger partial charge in [-0.3, -0.25) is 0 Å². The van der Waals surface area contributed by atoms with Crippen molar-refractivity contribution in [2.75, 3.05) is 17.2 Å². The molecule has 29 heavy (non-hydrogen) atoms. The van der Waals surface area contributed by atoms with E-state index in [1.54, 1.807) is 12.1 Å². The number of nitrogens with zero attached hydrogens (tertiary/aromatic N) is 4. The fourth-order valence-electron chi connectivity index (χ4n) is 3.20. The summed E-state index contributed by atoms with van der Waals surface area (Å²) in [6, 6.07) is 5.53. The first kappa shape index (κ1) is 21.1. The monoisotopic (exact) mass is 417 g/mol. The molecule has 0 aliphatic rings. The molecule has 1 unspecified atom stereocenters. The summed E-state index contributed by atoms with van der Waals surface area (Å²) in [5.41, 5.74) is 7.99. The highest BCUT2D eigenvalue weighted by atomic mass is 35.5. The van der Waals surface area contributed by atoms with E-state index in [9.17, 15) is 5.11 Å². The van der Waals surface area contributed by atoms with Gasteiger partial charge in [0.1, 0.15) is 5.75 Å². The van der Waals surface area contributed by atoms with Crippen LogP contribution in [0.1, 0.15) is 45.2 Å². The second kappa shape index (κ2) is 9.28. The lowest BCUT2D eigenvalue weighted by Gasteiger charge is -2.16. The second-order valence-corrected chi connectivity index (χ2v) is 7.56. The Morgan fingerprint density at radius 2 is 1.97 bits per heavy atom. The smallest absolute Gasteiger partial charge is 0.226 e. The van der Waals surface area contributed by atoms with Crippen LogP contribution in [0.4, 0.5) is 11.8 Å². The number of aromatic nitrogens is 4. The number of benzene rings is 1. The number of fused-ring (bicyclic) bond motifs is 1. The van der Waals surface area contributed by atoms with E-state index in [1.165, 1.54) is 0 Å². The zero-order chi connectivity index (χ0) is 21.0. The summed E-state index contributed by atoms with van der Waals surface area (Å²) in [5, 5.41) is 17.0. The third-order valence-corrected chi connectivity index (χ3v) is 5.16. The first-order valence-corrected chi connectivity index (χ1v) is 10.3. The average molecular weight is 418 g/mol. The van der Waals surface area contributed by atoms with Crippen LogP contribution in [0.25, 0.3) is 11.2 Å². The van der Waals surface area contributed by atoms with E-state index in [2.05, 4.69) is 44.0 Å². The number of imidazole rings is 1. The van der Waals surface area contributed by atoms with Crippen molar-refractivity contribution in [3.05, 3.63) is 35.1 Å². The summed E-state index contributed by atoms with van der Waals surface area (Å²) in [6.07, 6.45) is 3.77. The summed E-state index contributed by atoms with van der Waals surface area (Å²) < 4.78 is 2.09. The number of hydrogen-bond acceptors (Lipinski definition) is 7. The second-order valence-electron chi connectivity index (χ2n) is 7.15. The van der Waals surface area contributed by atoms with Gasteiger partial charge in [-0.2, -0.15) is 9.97 Å². The molecule has 156 valence electrons. The molecule has 0 spiro atoms. The van der Waals surface area contributed by atoms with Crippen molar-refractivity contribution >= 4 is 34.5 Å². The minimum absolute atomic E-state index is 0.0296. The first-order chi connectivity index (χ1) is 13.9. The summed E-state index contributed by atoms with van der Waals surface area (Å²) >= 11 is 6.02. The normalized spacial score (nSPS) is 12.5. The van der Waals surface area contributed by atoms with E-state index in [0.717, 1.165) is 18.5 Å². The Morgan fingerprint density at radius 3 is 2.66 bits per heavy atom. The SMILES string of the molecule is CCC(CC)n1cnc2c(NCc3cccc(Cl)c3O)nc(NCC(C)N)nc21. The molecular weight excluding hydrogens is 390 g/mol.